The van der Waals surface area contributed by atoms with E-state index in [4.69, 9.17) is 4.74 Å². The molecule has 4 rings (SSSR count). The Morgan fingerprint density at radius 1 is 0.848 bits per heavy atom. The van der Waals surface area contributed by atoms with Crippen molar-refractivity contribution in [3.63, 3.8) is 0 Å². The molecule has 4 aromatic carbocycles. The first-order chi connectivity index (χ1) is 15.9. The summed E-state index contributed by atoms with van der Waals surface area (Å²) >= 11 is 2.87. The number of carbonyl (C=O) groups excluding carboxylic acids is 2. The summed E-state index contributed by atoms with van der Waals surface area (Å²) in [5.41, 5.74) is -0.667. The van der Waals surface area contributed by atoms with Gasteiger partial charge in [0.05, 0.1) is 19.1 Å². The summed E-state index contributed by atoms with van der Waals surface area (Å²) in [7, 11) is 1.17. The molecule has 0 bridgehead atoms. The molecule has 33 heavy (non-hydrogen) atoms. The summed E-state index contributed by atoms with van der Waals surface area (Å²) in [4.78, 5) is 50.7. The second-order valence-electron chi connectivity index (χ2n) is 6.93. The first-order valence-electron chi connectivity index (χ1n) is 10.00. The average molecular weight is 479 g/mol. The molecular formula is C25H18O6S2. The highest BCUT2D eigenvalue weighted by molar-refractivity contribution is 8.02. The molecule has 0 aromatic heterocycles. The zero-order valence-electron chi connectivity index (χ0n) is 17.7. The van der Waals surface area contributed by atoms with Crippen LogP contribution >= 0.6 is 23.5 Å². The maximum Gasteiger partial charge on any atom is 0.379 e. The van der Waals surface area contributed by atoms with Gasteiger partial charge in [-0.15, -0.1) is 0 Å². The van der Waals surface area contributed by atoms with Crippen molar-refractivity contribution in [2.75, 3.05) is 13.7 Å². The third-order valence-corrected chi connectivity index (χ3v) is 7.20. The van der Waals surface area contributed by atoms with Gasteiger partial charge in [-0.3, -0.25) is 14.4 Å². The summed E-state index contributed by atoms with van der Waals surface area (Å²) in [5, 5.41) is 0.905. The molecule has 0 heterocycles. The normalized spacial score (nSPS) is 11.0. The lowest BCUT2D eigenvalue weighted by molar-refractivity contribution is -0.135. The van der Waals surface area contributed by atoms with E-state index in [0.717, 1.165) is 14.7 Å². The minimum Gasteiger partial charge on any atom is -0.494 e. The fraction of sp³-hybridized carbons (Fsp3) is 0.120. The molecule has 0 fully saturated rings. The molecule has 0 saturated heterocycles. The van der Waals surface area contributed by atoms with Crippen molar-refractivity contribution in [1.82, 2.24) is 0 Å². The highest BCUT2D eigenvalue weighted by Gasteiger charge is 2.19. The second-order valence-corrected chi connectivity index (χ2v) is 9.13. The Hall–Kier alpha value is -3.36. The summed E-state index contributed by atoms with van der Waals surface area (Å²) in [6.07, 6.45) is 0. The summed E-state index contributed by atoms with van der Waals surface area (Å²) in [6, 6.07) is 17.6. The molecular weight excluding hydrogens is 460 g/mol. The Labute approximate surface area is 197 Å². The van der Waals surface area contributed by atoms with Crippen molar-refractivity contribution in [2.24, 2.45) is 0 Å². The van der Waals surface area contributed by atoms with Gasteiger partial charge in [0.1, 0.15) is 5.75 Å². The first kappa shape index (κ1) is 22.8. The van der Waals surface area contributed by atoms with E-state index in [1.54, 1.807) is 36.4 Å². The van der Waals surface area contributed by atoms with Crippen LogP contribution in [0.5, 0.6) is 5.75 Å². The molecule has 0 spiro atoms. The van der Waals surface area contributed by atoms with Crippen LogP contribution in [-0.4, -0.2) is 25.5 Å². The predicted molar refractivity (Wildman–Crippen MR) is 128 cm³/mol. The third-order valence-electron chi connectivity index (χ3n) is 4.87. The van der Waals surface area contributed by atoms with Gasteiger partial charge in [0.2, 0.25) is 10.9 Å². The molecule has 0 atom stereocenters. The zero-order chi connectivity index (χ0) is 23.5. The van der Waals surface area contributed by atoms with Crippen molar-refractivity contribution >= 4 is 46.0 Å². The average Bonchev–Trinajstić information content (AvgIpc) is 2.84. The number of methoxy groups -OCH3 is 1. The highest BCUT2D eigenvalue weighted by Crippen LogP contribution is 2.42. The van der Waals surface area contributed by atoms with Crippen LogP contribution in [0, 0.1) is 0 Å². The van der Waals surface area contributed by atoms with Gasteiger partial charge in [0.15, 0.2) is 0 Å². The molecule has 166 valence electrons. The maximum absolute atomic E-state index is 12.1. The summed E-state index contributed by atoms with van der Waals surface area (Å²) < 4.78 is 10.1. The van der Waals surface area contributed by atoms with E-state index >= 15 is 0 Å². The fourth-order valence-electron chi connectivity index (χ4n) is 3.25. The van der Waals surface area contributed by atoms with Crippen LogP contribution in [0.4, 0.5) is 0 Å². The number of ketones is 1. The van der Waals surface area contributed by atoms with Crippen LogP contribution in [-0.2, 0) is 9.53 Å². The molecule has 0 aliphatic carbocycles. The molecule has 0 N–H and O–H groups in total. The van der Waals surface area contributed by atoms with Gasteiger partial charge in [-0.05, 0) is 55.5 Å². The van der Waals surface area contributed by atoms with Gasteiger partial charge in [0.25, 0.3) is 5.78 Å². The van der Waals surface area contributed by atoms with Crippen LogP contribution in [0.3, 0.4) is 0 Å². The Morgan fingerprint density at radius 3 is 2.30 bits per heavy atom. The fourth-order valence-corrected chi connectivity index (χ4v) is 5.36. The lowest BCUT2D eigenvalue weighted by Crippen LogP contribution is -2.30. The van der Waals surface area contributed by atoms with Gasteiger partial charge < -0.3 is 9.47 Å². The van der Waals surface area contributed by atoms with Crippen molar-refractivity contribution in [3.05, 3.63) is 86.7 Å². The van der Waals surface area contributed by atoms with E-state index in [1.807, 2.05) is 31.2 Å². The van der Waals surface area contributed by atoms with Crippen LogP contribution in [0.15, 0.2) is 89.8 Å². The summed E-state index contributed by atoms with van der Waals surface area (Å²) in [6.45, 7) is 2.41. The SMILES string of the molecule is CCOc1ccc(Sc2ccc(C(=O)C(=O)OC)cc2)c(Sc2cccc3c(=O)c(=O)c23)c1. The molecule has 0 amide bonds. The number of benzene rings is 3. The van der Waals surface area contributed by atoms with Gasteiger partial charge in [-0.25, -0.2) is 4.79 Å². The smallest absolute Gasteiger partial charge is 0.379 e. The topological polar surface area (TPSA) is 86.7 Å². The molecule has 0 radical (unpaired) electrons. The van der Waals surface area contributed by atoms with E-state index in [1.165, 1.54) is 30.6 Å². The monoisotopic (exact) mass is 478 g/mol. The van der Waals surface area contributed by atoms with Crippen LogP contribution < -0.4 is 15.6 Å². The Kier molecular flexibility index (Phi) is 6.67. The number of ether oxygens (including phenoxy) is 2. The Morgan fingerprint density at radius 2 is 1.61 bits per heavy atom. The summed E-state index contributed by atoms with van der Waals surface area (Å²) in [5.74, 6) is -0.916. The predicted octanol–water partition coefficient (Wildman–Crippen LogP) is 4.49. The number of fused-ring (bicyclic) bond motifs is 1. The molecule has 0 unspecified atom stereocenters. The maximum atomic E-state index is 12.1. The van der Waals surface area contributed by atoms with Crippen molar-refractivity contribution in [2.45, 2.75) is 26.5 Å². The molecule has 6 nitrogen and oxygen atoms in total. The van der Waals surface area contributed by atoms with Gasteiger partial charge in [0, 0.05) is 30.5 Å². The van der Waals surface area contributed by atoms with Gasteiger partial charge in [-0.2, -0.15) is 0 Å². The van der Waals surface area contributed by atoms with Gasteiger partial charge >= 0.3 is 5.97 Å². The number of carbonyl (C=O) groups is 2. The highest BCUT2D eigenvalue weighted by atomic mass is 32.2. The van der Waals surface area contributed by atoms with Crippen molar-refractivity contribution in [1.29, 1.82) is 0 Å². The Bertz CT molecular complexity index is 1430. The minimum atomic E-state index is -0.909. The number of hydrogen-bond donors (Lipinski definition) is 0. The molecule has 4 aromatic rings. The largest absolute Gasteiger partial charge is 0.494 e. The number of hydrogen-bond acceptors (Lipinski definition) is 8. The van der Waals surface area contributed by atoms with Gasteiger partial charge in [-0.1, -0.05) is 35.7 Å². The van der Waals surface area contributed by atoms with E-state index in [2.05, 4.69) is 4.74 Å². The van der Waals surface area contributed by atoms with E-state index < -0.39 is 22.6 Å². The molecule has 0 aliphatic heterocycles. The zero-order valence-corrected chi connectivity index (χ0v) is 19.4. The van der Waals surface area contributed by atoms with E-state index in [-0.39, 0.29) is 5.56 Å². The van der Waals surface area contributed by atoms with E-state index in [0.29, 0.717) is 28.0 Å². The molecule has 0 aliphatic rings. The van der Waals surface area contributed by atoms with Crippen LogP contribution in [0.25, 0.3) is 10.8 Å². The minimum absolute atomic E-state index is 0.249. The van der Waals surface area contributed by atoms with E-state index in [9.17, 15) is 19.2 Å². The Balaban J connectivity index is 1.65. The van der Waals surface area contributed by atoms with Crippen LogP contribution in [0.2, 0.25) is 0 Å². The number of rotatable bonds is 8. The molecule has 0 saturated carbocycles. The molecule has 8 heteroatoms. The van der Waals surface area contributed by atoms with Crippen molar-refractivity contribution in [3.8, 4) is 5.75 Å². The first-order valence-corrected chi connectivity index (χ1v) is 11.6. The third kappa shape index (κ3) is 4.58. The second kappa shape index (κ2) is 9.64. The lowest BCUT2D eigenvalue weighted by atomic mass is 10.1. The van der Waals surface area contributed by atoms with Crippen molar-refractivity contribution < 1.29 is 19.1 Å². The number of Topliss-reactive ketones (excluding diaryl/α,β-unsaturated/α-hetero) is 1. The standard InChI is InChI=1S/C25H18O6S2/c1-3-31-15-9-12-18(32-16-10-7-14(8-11-16)22(26)25(29)30-2)20(13-15)33-19-6-4-5-17-21(19)24(28)23(17)27/h4-13H,3H2,1-2H3. The van der Waals surface area contributed by atoms with Crippen LogP contribution in [0.1, 0.15) is 17.3 Å². The number of esters is 1. The lowest BCUT2D eigenvalue weighted by Gasteiger charge is -2.13. The quantitative estimate of drug-likeness (QED) is 0.208.